The average molecular weight is 383 g/mol. The molecule has 6 nitrogen and oxygen atoms in total. The van der Waals surface area contributed by atoms with Gasteiger partial charge in [-0.25, -0.2) is 9.07 Å². The van der Waals surface area contributed by atoms with E-state index in [1.165, 1.54) is 22.9 Å². The Hall–Kier alpha value is -3.32. The molecule has 0 saturated heterocycles. The van der Waals surface area contributed by atoms with Gasteiger partial charge in [0, 0.05) is 22.2 Å². The van der Waals surface area contributed by atoms with E-state index >= 15 is 0 Å². The smallest absolute Gasteiger partial charge is 0.267 e. The van der Waals surface area contributed by atoms with Crippen molar-refractivity contribution in [2.24, 2.45) is 0 Å². The molecule has 0 unspecified atom stereocenters. The minimum absolute atomic E-state index is 0.0153. The highest BCUT2D eigenvalue weighted by Gasteiger charge is 2.12. The normalized spacial score (nSPS) is 10.9. The molecule has 0 atom stereocenters. The van der Waals surface area contributed by atoms with Gasteiger partial charge in [0.1, 0.15) is 12.4 Å². The first-order valence-corrected chi connectivity index (χ1v) is 8.39. The topological polar surface area (TPSA) is 73.8 Å². The summed E-state index contributed by atoms with van der Waals surface area (Å²) in [5, 5.41) is 8.77. The number of benzene rings is 2. The summed E-state index contributed by atoms with van der Waals surface area (Å²) in [7, 11) is 0. The van der Waals surface area contributed by atoms with Crippen molar-refractivity contribution in [3.05, 3.63) is 87.7 Å². The summed E-state index contributed by atoms with van der Waals surface area (Å²) in [6, 6.07) is 15.9. The fourth-order valence-electron chi connectivity index (χ4n) is 2.53. The van der Waals surface area contributed by atoms with Crippen molar-refractivity contribution in [2.45, 2.75) is 6.54 Å². The maximum Gasteiger partial charge on any atom is 0.267 e. The zero-order valence-electron chi connectivity index (χ0n) is 13.8. The standard InChI is InChI=1S/C19H12ClFN4O2/c20-14-3-1-2-13(10-14)19-22-17(27-24-19)11-25-18(26)9-8-16(23-25)12-4-6-15(21)7-5-12/h1-10H,11H2. The molecular formula is C19H12ClFN4O2. The van der Waals surface area contributed by atoms with E-state index in [1.54, 1.807) is 42.5 Å². The van der Waals surface area contributed by atoms with Gasteiger partial charge in [-0.2, -0.15) is 10.1 Å². The summed E-state index contributed by atoms with van der Waals surface area (Å²) in [5.41, 5.74) is 1.61. The van der Waals surface area contributed by atoms with E-state index in [-0.39, 0.29) is 23.8 Å². The second kappa shape index (κ2) is 7.13. The third-order valence-corrected chi connectivity index (χ3v) is 4.08. The van der Waals surface area contributed by atoms with E-state index in [2.05, 4.69) is 15.2 Å². The number of nitrogens with zero attached hydrogens (tertiary/aromatic N) is 4. The second-order valence-corrected chi connectivity index (χ2v) is 6.18. The van der Waals surface area contributed by atoms with Gasteiger partial charge in [0.15, 0.2) is 0 Å². The Kier molecular flexibility index (Phi) is 4.52. The Morgan fingerprint density at radius 2 is 1.85 bits per heavy atom. The summed E-state index contributed by atoms with van der Waals surface area (Å²) in [4.78, 5) is 16.4. The van der Waals surface area contributed by atoms with Crippen LogP contribution in [0.3, 0.4) is 0 Å². The lowest BCUT2D eigenvalue weighted by atomic mass is 10.1. The van der Waals surface area contributed by atoms with Crippen molar-refractivity contribution in [3.8, 4) is 22.6 Å². The van der Waals surface area contributed by atoms with E-state index in [0.717, 1.165) is 0 Å². The second-order valence-electron chi connectivity index (χ2n) is 5.74. The van der Waals surface area contributed by atoms with Crippen LogP contribution < -0.4 is 5.56 Å². The first kappa shape index (κ1) is 17.1. The van der Waals surface area contributed by atoms with Crippen LogP contribution >= 0.6 is 11.6 Å². The first-order chi connectivity index (χ1) is 13.1. The van der Waals surface area contributed by atoms with Gasteiger partial charge in [-0.1, -0.05) is 28.9 Å². The highest BCUT2D eigenvalue weighted by Crippen LogP contribution is 2.20. The quantitative estimate of drug-likeness (QED) is 0.536. The lowest BCUT2D eigenvalue weighted by Crippen LogP contribution is -2.23. The van der Waals surface area contributed by atoms with Crippen molar-refractivity contribution in [2.75, 3.05) is 0 Å². The largest absolute Gasteiger partial charge is 0.337 e. The van der Waals surface area contributed by atoms with Crippen LogP contribution in [0.15, 0.2) is 70.0 Å². The number of hydrogen-bond acceptors (Lipinski definition) is 5. The summed E-state index contributed by atoms with van der Waals surface area (Å²) >= 11 is 5.97. The molecule has 0 radical (unpaired) electrons. The highest BCUT2D eigenvalue weighted by atomic mass is 35.5. The van der Waals surface area contributed by atoms with Crippen molar-refractivity contribution < 1.29 is 8.91 Å². The molecule has 2 aromatic heterocycles. The molecule has 0 bridgehead atoms. The van der Waals surface area contributed by atoms with Crippen LogP contribution in [0.1, 0.15) is 5.89 Å². The summed E-state index contributed by atoms with van der Waals surface area (Å²) in [5.74, 6) is 0.262. The molecule has 0 aliphatic carbocycles. The Bertz CT molecular complexity index is 1150. The summed E-state index contributed by atoms with van der Waals surface area (Å²) < 4.78 is 19.5. The molecule has 0 aliphatic rings. The van der Waals surface area contributed by atoms with Crippen molar-refractivity contribution in [1.82, 2.24) is 19.9 Å². The average Bonchev–Trinajstić information content (AvgIpc) is 3.13. The maximum absolute atomic E-state index is 13.1. The van der Waals surface area contributed by atoms with Crippen molar-refractivity contribution in [1.29, 1.82) is 0 Å². The molecule has 0 amide bonds. The number of hydrogen-bond donors (Lipinski definition) is 0. The van der Waals surface area contributed by atoms with E-state index in [1.807, 2.05) is 0 Å². The van der Waals surface area contributed by atoms with Crippen LogP contribution in [-0.4, -0.2) is 19.9 Å². The molecule has 4 aromatic rings. The van der Waals surface area contributed by atoms with Gasteiger partial charge in [-0.05, 0) is 42.5 Å². The monoisotopic (exact) mass is 382 g/mol. The van der Waals surface area contributed by atoms with Crippen molar-refractivity contribution >= 4 is 11.6 Å². The molecule has 0 saturated carbocycles. The van der Waals surface area contributed by atoms with Crippen LogP contribution in [0.2, 0.25) is 5.02 Å². The Labute approximate surface area is 157 Å². The van der Waals surface area contributed by atoms with Crippen LogP contribution in [0.5, 0.6) is 0 Å². The SMILES string of the molecule is O=c1ccc(-c2ccc(F)cc2)nn1Cc1nc(-c2cccc(Cl)c2)no1. The van der Waals surface area contributed by atoms with E-state index in [9.17, 15) is 9.18 Å². The highest BCUT2D eigenvalue weighted by molar-refractivity contribution is 6.30. The Morgan fingerprint density at radius 3 is 2.63 bits per heavy atom. The first-order valence-electron chi connectivity index (χ1n) is 8.01. The molecule has 8 heteroatoms. The number of rotatable bonds is 4. The zero-order valence-corrected chi connectivity index (χ0v) is 14.6. The molecule has 2 heterocycles. The fraction of sp³-hybridized carbons (Fsp3) is 0.0526. The van der Waals surface area contributed by atoms with Gasteiger partial charge in [0.25, 0.3) is 5.56 Å². The molecular weight excluding hydrogens is 371 g/mol. The zero-order chi connectivity index (χ0) is 18.8. The van der Waals surface area contributed by atoms with Crippen LogP contribution in [0, 0.1) is 5.82 Å². The summed E-state index contributed by atoms with van der Waals surface area (Å²) in [6.45, 7) is 0.0153. The predicted molar refractivity (Wildman–Crippen MR) is 97.7 cm³/mol. The van der Waals surface area contributed by atoms with Gasteiger partial charge in [-0.3, -0.25) is 4.79 Å². The Morgan fingerprint density at radius 1 is 1.04 bits per heavy atom. The van der Waals surface area contributed by atoms with Crippen molar-refractivity contribution in [3.63, 3.8) is 0 Å². The molecule has 134 valence electrons. The molecule has 0 N–H and O–H groups in total. The third kappa shape index (κ3) is 3.78. The molecule has 0 spiro atoms. The van der Waals surface area contributed by atoms with Crippen LogP contribution in [0.25, 0.3) is 22.6 Å². The molecule has 4 rings (SSSR count). The Balaban J connectivity index is 1.62. The number of aromatic nitrogens is 4. The van der Waals surface area contributed by atoms with Gasteiger partial charge in [-0.15, -0.1) is 0 Å². The summed E-state index contributed by atoms with van der Waals surface area (Å²) in [6.07, 6.45) is 0. The lowest BCUT2D eigenvalue weighted by Gasteiger charge is -2.05. The minimum Gasteiger partial charge on any atom is -0.337 e. The lowest BCUT2D eigenvalue weighted by molar-refractivity contribution is 0.363. The van der Waals surface area contributed by atoms with E-state index < -0.39 is 0 Å². The molecule has 0 fully saturated rings. The van der Waals surface area contributed by atoms with Gasteiger partial charge >= 0.3 is 0 Å². The van der Waals surface area contributed by atoms with Crippen LogP contribution in [-0.2, 0) is 6.54 Å². The maximum atomic E-state index is 13.1. The molecule has 27 heavy (non-hydrogen) atoms. The minimum atomic E-state index is -0.341. The third-order valence-electron chi connectivity index (χ3n) is 3.84. The molecule has 0 aliphatic heterocycles. The van der Waals surface area contributed by atoms with E-state index in [0.29, 0.717) is 27.7 Å². The predicted octanol–water partition coefficient (Wildman–Crippen LogP) is 3.80. The van der Waals surface area contributed by atoms with Gasteiger partial charge in [0.2, 0.25) is 11.7 Å². The fourth-order valence-corrected chi connectivity index (χ4v) is 2.72. The van der Waals surface area contributed by atoms with Crippen LogP contribution in [0.4, 0.5) is 4.39 Å². The van der Waals surface area contributed by atoms with Gasteiger partial charge in [0.05, 0.1) is 5.69 Å². The van der Waals surface area contributed by atoms with E-state index in [4.69, 9.17) is 16.1 Å². The number of halogens is 2. The van der Waals surface area contributed by atoms with Gasteiger partial charge < -0.3 is 4.52 Å². The molecule has 2 aromatic carbocycles.